The number of nitrogens with one attached hydrogen (secondary N) is 1. The Labute approximate surface area is 129 Å². The molecule has 2 rings (SSSR count). The van der Waals surface area contributed by atoms with E-state index in [2.05, 4.69) is 40.2 Å². The lowest BCUT2D eigenvalue weighted by molar-refractivity contribution is 0.117. The molecule has 1 saturated heterocycles. The van der Waals surface area contributed by atoms with Gasteiger partial charge < -0.3 is 15.0 Å². The smallest absolute Gasteiger partial charge is 0.119 e. The van der Waals surface area contributed by atoms with Crippen LogP contribution in [0.5, 0.6) is 5.75 Å². The van der Waals surface area contributed by atoms with Gasteiger partial charge in [0, 0.05) is 39.3 Å². The minimum Gasteiger partial charge on any atom is -0.492 e. The Hall–Kier alpha value is -1.10. The molecule has 0 atom stereocenters. The highest BCUT2D eigenvalue weighted by atomic mass is 16.5. The van der Waals surface area contributed by atoms with E-state index in [0.717, 1.165) is 25.4 Å². The minimum atomic E-state index is 0.775. The maximum atomic E-state index is 5.89. The van der Waals surface area contributed by atoms with Crippen LogP contribution in [0, 0.1) is 0 Å². The number of benzene rings is 1. The number of piperazine rings is 1. The molecule has 21 heavy (non-hydrogen) atoms. The van der Waals surface area contributed by atoms with E-state index in [1.54, 1.807) is 0 Å². The summed E-state index contributed by atoms with van der Waals surface area (Å²) in [6.45, 7) is 10.9. The van der Waals surface area contributed by atoms with Crippen LogP contribution in [0.15, 0.2) is 24.3 Å². The van der Waals surface area contributed by atoms with Gasteiger partial charge in [0.25, 0.3) is 0 Å². The summed E-state index contributed by atoms with van der Waals surface area (Å²) in [7, 11) is 1.96. The van der Waals surface area contributed by atoms with E-state index in [0.29, 0.717) is 0 Å². The summed E-state index contributed by atoms with van der Waals surface area (Å²) in [5.41, 5.74) is 1.27. The van der Waals surface area contributed by atoms with Crippen LogP contribution in [0.25, 0.3) is 0 Å². The number of hydrogen-bond acceptors (Lipinski definition) is 4. The van der Waals surface area contributed by atoms with E-state index in [1.807, 2.05) is 13.1 Å². The third-order valence-corrected chi connectivity index (χ3v) is 3.96. The molecule has 1 aromatic carbocycles. The summed E-state index contributed by atoms with van der Waals surface area (Å²) in [4.78, 5) is 5.06. The molecule has 1 N–H and O–H groups in total. The van der Waals surface area contributed by atoms with Gasteiger partial charge in [-0.25, -0.2) is 0 Å². The molecular weight excluding hydrogens is 262 g/mol. The van der Waals surface area contributed by atoms with Gasteiger partial charge in [0.05, 0.1) is 0 Å². The molecular formula is C17H29N3O. The Kier molecular flexibility index (Phi) is 7.00. The summed E-state index contributed by atoms with van der Waals surface area (Å²) >= 11 is 0. The Morgan fingerprint density at radius 3 is 2.48 bits per heavy atom. The fraction of sp³-hybridized carbons (Fsp3) is 0.647. The summed E-state index contributed by atoms with van der Waals surface area (Å²) in [5, 5.41) is 3.16. The van der Waals surface area contributed by atoms with Crippen molar-refractivity contribution in [1.82, 2.24) is 15.1 Å². The zero-order chi connectivity index (χ0) is 14.9. The Bertz CT molecular complexity index is 403. The summed E-state index contributed by atoms with van der Waals surface area (Å²) in [6, 6.07) is 8.34. The quantitative estimate of drug-likeness (QED) is 0.790. The highest BCUT2D eigenvalue weighted by Gasteiger charge is 2.15. The monoisotopic (exact) mass is 291 g/mol. The van der Waals surface area contributed by atoms with Gasteiger partial charge in [-0.3, -0.25) is 4.90 Å². The molecule has 1 aliphatic rings. The second-order valence-electron chi connectivity index (χ2n) is 5.71. The molecule has 4 nitrogen and oxygen atoms in total. The highest BCUT2D eigenvalue weighted by molar-refractivity contribution is 5.28. The Morgan fingerprint density at radius 1 is 1.10 bits per heavy atom. The number of ether oxygens (including phenoxy) is 1. The fourth-order valence-electron chi connectivity index (χ4n) is 2.79. The third-order valence-electron chi connectivity index (χ3n) is 3.96. The van der Waals surface area contributed by atoms with Crippen molar-refractivity contribution in [2.75, 3.05) is 52.9 Å². The molecule has 4 heteroatoms. The average Bonchev–Trinajstić information content (AvgIpc) is 2.50. The first-order valence-corrected chi connectivity index (χ1v) is 8.13. The third kappa shape index (κ3) is 5.65. The van der Waals surface area contributed by atoms with Gasteiger partial charge >= 0.3 is 0 Å². The maximum absolute atomic E-state index is 5.89. The summed E-state index contributed by atoms with van der Waals surface area (Å²) < 4.78 is 5.89. The summed E-state index contributed by atoms with van der Waals surface area (Å²) in [6.07, 6.45) is 1.26. The standard InChI is InChI=1S/C17H29N3O/c1-3-7-19-8-10-20(11-9-19)12-13-21-17-6-4-5-16(14-17)15-18-2/h4-6,14,18H,3,7-13,15H2,1-2H3. The van der Waals surface area contributed by atoms with Gasteiger partial charge in [-0.1, -0.05) is 19.1 Å². The van der Waals surface area contributed by atoms with Gasteiger partial charge in [0.1, 0.15) is 12.4 Å². The Morgan fingerprint density at radius 2 is 1.81 bits per heavy atom. The first-order chi connectivity index (χ1) is 10.3. The van der Waals surface area contributed by atoms with E-state index < -0.39 is 0 Å². The van der Waals surface area contributed by atoms with Crippen molar-refractivity contribution in [2.45, 2.75) is 19.9 Å². The van der Waals surface area contributed by atoms with Crippen LogP contribution in [-0.2, 0) is 6.54 Å². The molecule has 1 aliphatic heterocycles. The van der Waals surface area contributed by atoms with Gasteiger partial charge in [0.15, 0.2) is 0 Å². The van der Waals surface area contributed by atoms with Crippen molar-refractivity contribution in [3.8, 4) is 5.75 Å². The van der Waals surface area contributed by atoms with E-state index in [-0.39, 0.29) is 0 Å². The molecule has 0 saturated carbocycles. The van der Waals surface area contributed by atoms with E-state index in [1.165, 1.54) is 44.7 Å². The van der Waals surface area contributed by atoms with Crippen LogP contribution in [-0.4, -0.2) is 62.7 Å². The van der Waals surface area contributed by atoms with Crippen molar-refractivity contribution in [1.29, 1.82) is 0 Å². The van der Waals surface area contributed by atoms with Crippen molar-refractivity contribution in [3.63, 3.8) is 0 Å². The SMILES string of the molecule is CCCN1CCN(CCOc2cccc(CNC)c2)CC1. The molecule has 1 heterocycles. The zero-order valence-corrected chi connectivity index (χ0v) is 13.5. The van der Waals surface area contributed by atoms with E-state index in [9.17, 15) is 0 Å². The lowest BCUT2D eigenvalue weighted by Gasteiger charge is -2.34. The van der Waals surface area contributed by atoms with Crippen LogP contribution in [0.2, 0.25) is 0 Å². The molecule has 0 aliphatic carbocycles. The van der Waals surface area contributed by atoms with Crippen LogP contribution in [0.4, 0.5) is 0 Å². The molecule has 0 bridgehead atoms. The number of rotatable bonds is 8. The van der Waals surface area contributed by atoms with E-state index in [4.69, 9.17) is 4.74 Å². The van der Waals surface area contributed by atoms with Gasteiger partial charge in [-0.15, -0.1) is 0 Å². The molecule has 0 aromatic heterocycles. The van der Waals surface area contributed by atoms with Crippen molar-refractivity contribution < 1.29 is 4.74 Å². The average molecular weight is 291 g/mol. The lowest BCUT2D eigenvalue weighted by atomic mass is 10.2. The molecule has 0 spiro atoms. The van der Waals surface area contributed by atoms with Crippen LogP contribution in [0.1, 0.15) is 18.9 Å². The summed E-state index contributed by atoms with van der Waals surface area (Å²) in [5.74, 6) is 0.979. The molecule has 0 unspecified atom stereocenters. The predicted octanol–water partition coefficient (Wildman–Crippen LogP) is 1.81. The molecule has 0 amide bonds. The number of nitrogens with zero attached hydrogens (tertiary/aromatic N) is 2. The molecule has 0 radical (unpaired) electrons. The van der Waals surface area contributed by atoms with Crippen LogP contribution in [0.3, 0.4) is 0 Å². The first kappa shape index (κ1) is 16.3. The van der Waals surface area contributed by atoms with Crippen LogP contribution >= 0.6 is 0 Å². The zero-order valence-electron chi connectivity index (χ0n) is 13.5. The first-order valence-electron chi connectivity index (χ1n) is 8.13. The van der Waals surface area contributed by atoms with Crippen molar-refractivity contribution >= 4 is 0 Å². The topological polar surface area (TPSA) is 27.7 Å². The maximum Gasteiger partial charge on any atom is 0.119 e. The second-order valence-corrected chi connectivity index (χ2v) is 5.71. The number of hydrogen-bond donors (Lipinski definition) is 1. The highest BCUT2D eigenvalue weighted by Crippen LogP contribution is 2.13. The van der Waals surface area contributed by atoms with Crippen LogP contribution < -0.4 is 10.1 Å². The van der Waals surface area contributed by atoms with E-state index >= 15 is 0 Å². The largest absolute Gasteiger partial charge is 0.492 e. The van der Waals surface area contributed by atoms with Gasteiger partial charge in [0.2, 0.25) is 0 Å². The van der Waals surface area contributed by atoms with Gasteiger partial charge in [-0.05, 0) is 37.7 Å². The van der Waals surface area contributed by atoms with Gasteiger partial charge in [-0.2, -0.15) is 0 Å². The second kappa shape index (κ2) is 9.03. The predicted molar refractivity (Wildman–Crippen MR) is 87.9 cm³/mol. The normalized spacial score (nSPS) is 17.0. The minimum absolute atomic E-state index is 0.775. The van der Waals surface area contributed by atoms with Crippen molar-refractivity contribution in [2.24, 2.45) is 0 Å². The molecule has 1 fully saturated rings. The Balaban J connectivity index is 1.67. The fourth-order valence-corrected chi connectivity index (χ4v) is 2.79. The molecule has 118 valence electrons. The molecule has 1 aromatic rings. The lowest BCUT2D eigenvalue weighted by Crippen LogP contribution is -2.47. The van der Waals surface area contributed by atoms with Crippen molar-refractivity contribution in [3.05, 3.63) is 29.8 Å².